The number of halogens is 1. The van der Waals surface area contributed by atoms with E-state index in [1.54, 1.807) is 17.6 Å². The first-order valence-electron chi connectivity index (χ1n) is 13.3. The molecule has 0 radical (unpaired) electrons. The lowest BCUT2D eigenvalue weighted by Gasteiger charge is -2.31. The summed E-state index contributed by atoms with van der Waals surface area (Å²) in [7, 11) is 0. The zero-order valence-electron chi connectivity index (χ0n) is 22.3. The van der Waals surface area contributed by atoms with Gasteiger partial charge < -0.3 is 24.5 Å². The number of benzene rings is 1. The summed E-state index contributed by atoms with van der Waals surface area (Å²) < 4.78 is 12.3. The highest BCUT2D eigenvalue weighted by Crippen LogP contribution is 2.46. The molecule has 2 atom stereocenters. The van der Waals surface area contributed by atoms with E-state index in [1.165, 1.54) is 0 Å². The number of rotatable bonds is 5. The van der Waals surface area contributed by atoms with Gasteiger partial charge in [0.1, 0.15) is 13.2 Å². The van der Waals surface area contributed by atoms with Crippen molar-refractivity contribution in [2.24, 2.45) is 0 Å². The molecule has 3 aliphatic rings. The van der Waals surface area contributed by atoms with Crippen LogP contribution in [0.15, 0.2) is 16.9 Å². The van der Waals surface area contributed by atoms with Crippen molar-refractivity contribution in [3.63, 3.8) is 0 Å². The predicted octanol–water partition coefficient (Wildman–Crippen LogP) is 3.57. The van der Waals surface area contributed by atoms with Crippen molar-refractivity contribution in [1.29, 1.82) is 0 Å². The molecule has 2 aliphatic heterocycles. The Kier molecular flexibility index (Phi) is 6.09. The molecule has 0 spiro atoms. The van der Waals surface area contributed by atoms with Crippen LogP contribution >= 0.6 is 11.6 Å². The van der Waals surface area contributed by atoms with Gasteiger partial charge in [0, 0.05) is 21.5 Å². The molecule has 10 heteroatoms. The highest BCUT2D eigenvalue weighted by atomic mass is 35.5. The number of esters is 1. The van der Waals surface area contributed by atoms with Crippen LogP contribution in [-0.4, -0.2) is 39.2 Å². The van der Waals surface area contributed by atoms with E-state index in [2.05, 4.69) is 5.32 Å². The van der Waals surface area contributed by atoms with Gasteiger partial charge in [-0.25, -0.2) is 9.78 Å². The van der Waals surface area contributed by atoms with E-state index < -0.39 is 11.6 Å². The first-order chi connectivity index (χ1) is 18.5. The molecule has 4 heterocycles. The average molecular weight is 552 g/mol. The number of pyridine rings is 2. The maximum atomic E-state index is 13.7. The number of fused-ring (bicyclic) bond motifs is 5. The van der Waals surface area contributed by atoms with E-state index in [9.17, 15) is 19.5 Å². The first-order valence-corrected chi connectivity index (χ1v) is 13.7. The van der Waals surface area contributed by atoms with Gasteiger partial charge in [-0.05, 0) is 68.9 Å². The minimum absolute atomic E-state index is 0.0485. The van der Waals surface area contributed by atoms with Gasteiger partial charge in [0.05, 0.1) is 41.2 Å². The van der Waals surface area contributed by atoms with Crippen LogP contribution in [0.5, 0.6) is 0 Å². The van der Waals surface area contributed by atoms with Crippen LogP contribution in [-0.2, 0) is 44.2 Å². The highest BCUT2D eigenvalue weighted by molar-refractivity contribution is 6.32. The molecule has 2 aromatic heterocycles. The number of aromatic nitrogens is 2. The second-order valence-corrected chi connectivity index (χ2v) is 11.2. The Morgan fingerprint density at radius 2 is 2.08 bits per heavy atom. The normalized spacial score (nSPS) is 21.0. The van der Waals surface area contributed by atoms with Gasteiger partial charge in [-0.3, -0.25) is 9.59 Å². The molecule has 0 saturated carbocycles. The molecule has 6 rings (SSSR count). The van der Waals surface area contributed by atoms with Crippen LogP contribution in [0.3, 0.4) is 0 Å². The van der Waals surface area contributed by atoms with Crippen molar-refractivity contribution in [3.05, 3.63) is 60.9 Å². The van der Waals surface area contributed by atoms with E-state index in [0.717, 1.165) is 34.1 Å². The van der Waals surface area contributed by atoms with E-state index in [4.69, 9.17) is 26.1 Å². The van der Waals surface area contributed by atoms with Crippen LogP contribution in [0, 0.1) is 6.92 Å². The Balaban J connectivity index is 1.57. The second-order valence-electron chi connectivity index (χ2n) is 10.8. The van der Waals surface area contributed by atoms with Crippen molar-refractivity contribution in [3.8, 4) is 11.4 Å². The molecular weight excluding hydrogens is 522 g/mol. The quantitative estimate of drug-likeness (QED) is 0.364. The number of ether oxygens (including phenoxy) is 2. The van der Waals surface area contributed by atoms with Crippen LogP contribution in [0.2, 0.25) is 5.02 Å². The molecule has 39 heavy (non-hydrogen) atoms. The summed E-state index contributed by atoms with van der Waals surface area (Å²) in [6.07, 6.45) is 1.37. The van der Waals surface area contributed by atoms with Gasteiger partial charge >= 0.3 is 5.97 Å². The topological polar surface area (TPSA) is 120 Å². The Morgan fingerprint density at radius 3 is 2.79 bits per heavy atom. The number of carbonyl (C=O) groups is 2. The molecule has 0 unspecified atom stereocenters. The number of hydrogen-bond acceptors (Lipinski definition) is 7. The number of carbonyl (C=O) groups excluding carboxylic acids is 2. The summed E-state index contributed by atoms with van der Waals surface area (Å²) in [6.45, 7) is 7.43. The van der Waals surface area contributed by atoms with E-state index in [-0.39, 0.29) is 60.9 Å². The number of aryl methyl sites for hydroxylation is 1. The maximum absolute atomic E-state index is 13.7. The van der Waals surface area contributed by atoms with Crippen LogP contribution in [0.1, 0.15) is 73.0 Å². The minimum atomic E-state index is -1.91. The van der Waals surface area contributed by atoms with Crippen molar-refractivity contribution in [1.82, 2.24) is 14.9 Å². The van der Waals surface area contributed by atoms with Gasteiger partial charge in [0.25, 0.3) is 5.56 Å². The fourth-order valence-electron chi connectivity index (χ4n) is 6.18. The van der Waals surface area contributed by atoms with Gasteiger partial charge in [0.15, 0.2) is 5.60 Å². The number of nitrogens with zero attached hydrogens (tertiary/aromatic N) is 2. The molecule has 0 bridgehead atoms. The molecule has 0 saturated heterocycles. The smallest absolute Gasteiger partial charge is 0.343 e. The fourth-order valence-corrected chi connectivity index (χ4v) is 6.39. The summed E-state index contributed by atoms with van der Waals surface area (Å²) in [5, 5.41) is 15.9. The lowest BCUT2D eigenvalue weighted by Crippen LogP contribution is -2.44. The van der Waals surface area contributed by atoms with Crippen molar-refractivity contribution < 1.29 is 24.2 Å². The first kappa shape index (κ1) is 26.0. The summed E-state index contributed by atoms with van der Waals surface area (Å²) in [4.78, 5) is 44.1. The summed E-state index contributed by atoms with van der Waals surface area (Å²) >= 11 is 6.62. The molecule has 1 amide bonds. The van der Waals surface area contributed by atoms with Gasteiger partial charge in [-0.1, -0.05) is 18.5 Å². The Labute approximate surface area is 230 Å². The van der Waals surface area contributed by atoms with Crippen molar-refractivity contribution in [2.75, 3.05) is 6.61 Å². The second kappa shape index (κ2) is 9.15. The average Bonchev–Trinajstić information content (AvgIpc) is 3.27. The molecule has 0 fully saturated rings. The monoisotopic (exact) mass is 551 g/mol. The lowest BCUT2D eigenvalue weighted by atomic mass is 9.81. The third kappa shape index (κ3) is 3.82. The fraction of sp³-hybridized carbons (Fsp3) is 0.448. The summed E-state index contributed by atoms with van der Waals surface area (Å²) in [5.74, 6) is -0.978. The van der Waals surface area contributed by atoms with Crippen molar-refractivity contribution >= 4 is 34.4 Å². The van der Waals surface area contributed by atoms with E-state index in [1.807, 2.05) is 26.8 Å². The van der Waals surface area contributed by atoms with E-state index in [0.29, 0.717) is 28.3 Å². The van der Waals surface area contributed by atoms with Gasteiger partial charge in [-0.2, -0.15) is 0 Å². The third-order valence-electron chi connectivity index (χ3n) is 8.26. The Hall–Kier alpha value is -3.27. The van der Waals surface area contributed by atoms with Crippen LogP contribution in [0.25, 0.3) is 22.3 Å². The molecular formula is C29H30ClN3O6. The largest absolute Gasteiger partial charge is 0.458 e. The standard InChI is InChI=1S/C29H30ClN3O6/c1-5-29(37)18-8-22-26-16(10-33(22)27(35)17(18)11-39-28(29)36)25-20(31-23(34)12-38-13(2)3)7-6-15-14(4)19(30)9-21(32-26)24(15)25/h8-9,13,20,37H,5-7,10-12H2,1-4H3,(H,31,34)/t20-,29+/m1/s1. The number of cyclic esters (lactones) is 1. The number of amides is 1. The third-order valence-corrected chi connectivity index (χ3v) is 8.65. The number of nitrogens with one attached hydrogen (secondary N) is 1. The zero-order valence-corrected chi connectivity index (χ0v) is 23.1. The van der Waals surface area contributed by atoms with Gasteiger partial charge in [0.2, 0.25) is 5.91 Å². The van der Waals surface area contributed by atoms with Crippen LogP contribution < -0.4 is 10.9 Å². The molecule has 9 nitrogen and oxygen atoms in total. The highest BCUT2D eigenvalue weighted by Gasteiger charge is 2.46. The molecule has 3 aromatic rings. The molecule has 1 aliphatic carbocycles. The minimum Gasteiger partial charge on any atom is -0.458 e. The molecule has 2 N–H and O–H groups in total. The zero-order chi connectivity index (χ0) is 27.8. The SMILES string of the molecule is CC[C@@]1(O)C(=O)OCc2c1cc1n(c2=O)Cc2c-1nc1cc(Cl)c(C)c3c1c2[C@H](NC(=O)COC(C)C)CC3. The maximum Gasteiger partial charge on any atom is 0.343 e. The number of aliphatic hydroxyl groups is 1. The summed E-state index contributed by atoms with van der Waals surface area (Å²) in [6, 6.07) is 3.21. The van der Waals surface area contributed by atoms with E-state index >= 15 is 0 Å². The molecule has 1 aromatic carbocycles. The van der Waals surface area contributed by atoms with Crippen molar-refractivity contribution in [2.45, 2.75) is 77.9 Å². The molecule has 204 valence electrons. The summed E-state index contributed by atoms with van der Waals surface area (Å²) in [5.41, 5.74) is 3.91. The predicted molar refractivity (Wildman–Crippen MR) is 145 cm³/mol. The Morgan fingerprint density at radius 1 is 1.31 bits per heavy atom. The van der Waals surface area contributed by atoms with Crippen LogP contribution in [0.4, 0.5) is 0 Å². The Bertz CT molecular complexity index is 1640. The number of hydrogen-bond donors (Lipinski definition) is 2. The lowest BCUT2D eigenvalue weighted by molar-refractivity contribution is -0.172. The van der Waals surface area contributed by atoms with Gasteiger partial charge in [-0.15, -0.1) is 0 Å².